The van der Waals surface area contributed by atoms with Crippen LogP contribution in [0.15, 0.2) is 27.6 Å². The highest BCUT2D eigenvalue weighted by atomic mass is 79.9. The van der Waals surface area contributed by atoms with Crippen LogP contribution in [0.1, 0.15) is 0 Å². The van der Waals surface area contributed by atoms with Crippen LogP contribution < -0.4 is 5.32 Å². The summed E-state index contributed by atoms with van der Waals surface area (Å²) in [6.07, 6.45) is 0. The Morgan fingerprint density at radius 2 is 1.85 bits per heavy atom. The zero-order valence-corrected chi connectivity index (χ0v) is 13.8. The Bertz CT molecular complexity index is 601. The third-order valence-electron chi connectivity index (χ3n) is 3.87. The van der Waals surface area contributed by atoms with Crippen LogP contribution in [-0.2, 0) is 10.0 Å². The summed E-state index contributed by atoms with van der Waals surface area (Å²) in [6.45, 7) is 2.66. The summed E-state index contributed by atoms with van der Waals surface area (Å²) in [5, 5.41) is 3.25. The van der Waals surface area contributed by atoms with E-state index in [1.807, 2.05) is 0 Å². The number of nitrogens with one attached hydrogen (secondary N) is 1. The predicted molar refractivity (Wildman–Crippen MR) is 80.0 cm³/mol. The molecule has 1 aromatic rings. The summed E-state index contributed by atoms with van der Waals surface area (Å²) >= 11 is 3.13. The fourth-order valence-corrected chi connectivity index (χ4v) is 4.76. The Balaban J connectivity index is 0.00000147. The molecule has 8 heteroatoms. The second-order valence-electron chi connectivity index (χ2n) is 5.08. The molecule has 1 N–H and O–H groups in total. The van der Waals surface area contributed by atoms with Crippen LogP contribution in [0.5, 0.6) is 0 Å². The van der Waals surface area contributed by atoms with E-state index in [4.69, 9.17) is 0 Å². The van der Waals surface area contributed by atoms with Crippen LogP contribution in [0, 0.1) is 17.7 Å². The molecule has 0 unspecified atom stereocenters. The third-order valence-corrected chi connectivity index (χ3v) is 6.23. The molecule has 2 atom stereocenters. The summed E-state index contributed by atoms with van der Waals surface area (Å²) in [5.74, 6) is 0.00567. The van der Waals surface area contributed by atoms with Gasteiger partial charge in [-0.25, -0.2) is 12.8 Å². The van der Waals surface area contributed by atoms with Gasteiger partial charge in [0.2, 0.25) is 10.0 Å². The highest BCUT2D eigenvalue weighted by molar-refractivity contribution is 9.10. The average Bonchev–Trinajstić information content (AvgIpc) is 2.87. The van der Waals surface area contributed by atoms with E-state index in [2.05, 4.69) is 21.2 Å². The Morgan fingerprint density at radius 3 is 2.40 bits per heavy atom. The summed E-state index contributed by atoms with van der Waals surface area (Å²) in [5.41, 5.74) is 0. The van der Waals surface area contributed by atoms with Crippen molar-refractivity contribution in [1.82, 2.24) is 9.62 Å². The molecule has 0 radical (unpaired) electrons. The van der Waals surface area contributed by atoms with Crippen molar-refractivity contribution in [3.8, 4) is 0 Å². The van der Waals surface area contributed by atoms with Crippen LogP contribution in [0.2, 0.25) is 0 Å². The van der Waals surface area contributed by atoms with Crippen molar-refractivity contribution in [1.29, 1.82) is 0 Å². The lowest BCUT2D eigenvalue weighted by molar-refractivity contribution is 0.443. The number of hydrogen-bond donors (Lipinski definition) is 1. The van der Waals surface area contributed by atoms with Crippen molar-refractivity contribution >= 4 is 38.4 Å². The molecule has 4 nitrogen and oxygen atoms in total. The number of rotatable bonds is 2. The van der Waals surface area contributed by atoms with Crippen LogP contribution in [0.25, 0.3) is 0 Å². The minimum absolute atomic E-state index is 0. The number of halogens is 3. The van der Waals surface area contributed by atoms with Gasteiger partial charge in [-0.05, 0) is 43.1 Å². The van der Waals surface area contributed by atoms with Gasteiger partial charge in [-0.2, -0.15) is 4.31 Å². The average molecular weight is 386 g/mol. The van der Waals surface area contributed by atoms with Gasteiger partial charge in [0, 0.05) is 17.6 Å². The molecule has 2 heterocycles. The highest BCUT2D eigenvalue weighted by Gasteiger charge is 2.42. The number of hydrogen-bond acceptors (Lipinski definition) is 3. The fraction of sp³-hybridized carbons (Fsp3) is 0.500. The van der Waals surface area contributed by atoms with Gasteiger partial charge in [0.05, 0.1) is 0 Å². The predicted octanol–water partition coefficient (Wildman–Crippen LogP) is 1.85. The minimum atomic E-state index is -3.72. The molecule has 0 bridgehead atoms. The quantitative estimate of drug-likeness (QED) is 0.845. The molecule has 112 valence electrons. The van der Waals surface area contributed by atoms with Gasteiger partial charge in [-0.15, -0.1) is 12.4 Å². The van der Waals surface area contributed by atoms with Crippen LogP contribution >= 0.6 is 28.3 Å². The lowest BCUT2D eigenvalue weighted by atomic mass is 10.0. The molecule has 0 saturated carbocycles. The molecular formula is C12H15BrClFN2O2S. The first kappa shape index (κ1) is 16.2. The number of benzene rings is 1. The smallest absolute Gasteiger partial charge is 0.246 e. The van der Waals surface area contributed by atoms with E-state index in [9.17, 15) is 12.8 Å². The van der Waals surface area contributed by atoms with E-state index in [1.165, 1.54) is 16.4 Å². The molecule has 2 fully saturated rings. The fourth-order valence-electron chi connectivity index (χ4n) is 2.83. The van der Waals surface area contributed by atoms with Gasteiger partial charge < -0.3 is 5.32 Å². The molecule has 20 heavy (non-hydrogen) atoms. The third kappa shape index (κ3) is 2.74. The van der Waals surface area contributed by atoms with E-state index < -0.39 is 15.8 Å². The van der Waals surface area contributed by atoms with E-state index >= 15 is 0 Å². The highest BCUT2D eigenvalue weighted by Crippen LogP contribution is 2.32. The van der Waals surface area contributed by atoms with Crippen molar-refractivity contribution in [3.05, 3.63) is 28.5 Å². The number of sulfonamides is 1. The summed E-state index contributed by atoms with van der Waals surface area (Å²) in [7, 11) is -3.72. The zero-order valence-electron chi connectivity index (χ0n) is 10.6. The van der Waals surface area contributed by atoms with Gasteiger partial charge >= 0.3 is 0 Å². The summed E-state index contributed by atoms with van der Waals surface area (Å²) < 4.78 is 40.7. The largest absolute Gasteiger partial charge is 0.316 e. The van der Waals surface area contributed by atoms with Crippen LogP contribution in [0.4, 0.5) is 4.39 Å². The van der Waals surface area contributed by atoms with Crippen molar-refractivity contribution in [2.24, 2.45) is 11.8 Å². The molecule has 3 rings (SSSR count). The van der Waals surface area contributed by atoms with E-state index in [0.29, 0.717) is 29.4 Å². The normalized spacial score (nSPS) is 26.3. The number of nitrogens with zero attached hydrogens (tertiary/aromatic N) is 1. The van der Waals surface area contributed by atoms with E-state index in [1.54, 1.807) is 6.07 Å². The molecule has 0 amide bonds. The van der Waals surface area contributed by atoms with Crippen LogP contribution in [0.3, 0.4) is 0 Å². The lowest BCUT2D eigenvalue weighted by Gasteiger charge is -2.17. The first-order valence-electron chi connectivity index (χ1n) is 6.14. The van der Waals surface area contributed by atoms with Gasteiger partial charge in [-0.3, -0.25) is 0 Å². The SMILES string of the molecule is Cl.O=S(=O)(c1ccc(Br)cc1F)N1C[C@H]2CNC[C@H]2C1. The molecule has 0 spiro atoms. The minimum Gasteiger partial charge on any atom is -0.316 e. The van der Waals surface area contributed by atoms with Gasteiger partial charge in [0.1, 0.15) is 10.7 Å². The molecule has 2 saturated heterocycles. The molecule has 2 aliphatic heterocycles. The Morgan fingerprint density at radius 1 is 1.25 bits per heavy atom. The monoisotopic (exact) mass is 384 g/mol. The second-order valence-corrected chi connectivity index (χ2v) is 7.90. The molecule has 1 aromatic carbocycles. The van der Waals surface area contributed by atoms with Crippen molar-refractivity contribution in [2.75, 3.05) is 26.2 Å². The van der Waals surface area contributed by atoms with Crippen molar-refractivity contribution < 1.29 is 12.8 Å². The van der Waals surface area contributed by atoms with Gasteiger partial charge in [0.25, 0.3) is 0 Å². The zero-order chi connectivity index (χ0) is 13.6. The Kier molecular flexibility index (Phi) is 4.76. The molecule has 0 aliphatic carbocycles. The maximum Gasteiger partial charge on any atom is 0.246 e. The molecule has 0 aromatic heterocycles. The van der Waals surface area contributed by atoms with Gasteiger partial charge in [0.15, 0.2) is 0 Å². The Labute approximate surface area is 132 Å². The lowest BCUT2D eigenvalue weighted by Crippen LogP contribution is -2.32. The first-order valence-corrected chi connectivity index (χ1v) is 8.37. The maximum atomic E-state index is 13.8. The van der Waals surface area contributed by atoms with E-state index in [0.717, 1.165) is 13.1 Å². The first-order chi connectivity index (χ1) is 8.98. The van der Waals surface area contributed by atoms with Crippen molar-refractivity contribution in [3.63, 3.8) is 0 Å². The standard InChI is InChI=1S/C12H14BrFN2O2S.ClH/c13-10-1-2-12(11(14)3-10)19(17,18)16-6-8-4-15-5-9(8)7-16;/h1-3,8-9,15H,4-7H2;1H/t8-,9+;. The van der Waals surface area contributed by atoms with Crippen molar-refractivity contribution in [2.45, 2.75) is 4.90 Å². The van der Waals surface area contributed by atoms with E-state index in [-0.39, 0.29) is 17.3 Å². The second kappa shape index (κ2) is 5.88. The Hall–Kier alpha value is -0.210. The molecular weight excluding hydrogens is 371 g/mol. The van der Waals surface area contributed by atoms with Gasteiger partial charge in [-0.1, -0.05) is 15.9 Å². The summed E-state index contributed by atoms with van der Waals surface area (Å²) in [6, 6.07) is 4.06. The summed E-state index contributed by atoms with van der Waals surface area (Å²) in [4.78, 5) is -0.233. The topological polar surface area (TPSA) is 49.4 Å². The molecule has 2 aliphatic rings. The maximum absolute atomic E-state index is 13.8. The van der Waals surface area contributed by atoms with Crippen LogP contribution in [-0.4, -0.2) is 38.9 Å². The number of fused-ring (bicyclic) bond motifs is 1.